The molecule has 1 saturated carbocycles. The van der Waals surface area contributed by atoms with Gasteiger partial charge in [-0.1, -0.05) is 12.8 Å². The summed E-state index contributed by atoms with van der Waals surface area (Å²) >= 11 is 0. The number of phenols is 1. The molecular weight excluding hydrogens is 267 g/mol. The van der Waals surface area contributed by atoms with Crippen LogP contribution in [0.4, 0.5) is 10.1 Å². The molecule has 2 N–H and O–H groups in total. The van der Waals surface area contributed by atoms with Gasteiger partial charge in [-0.05, 0) is 45.7 Å². The van der Waals surface area contributed by atoms with Gasteiger partial charge in [-0.2, -0.15) is 0 Å². The number of fused-ring (bicyclic) bond motifs is 1. The third-order valence-electron chi connectivity index (χ3n) is 4.92. The van der Waals surface area contributed by atoms with Crippen LogP contribution < -0.4 is 10.2 Å². The first-order valence-electron chi connectivity index (χ1n) is 7.91. The minimum absolute atomic E-state index is 0.0310. The van der Waals surface area contributed by atoms with Gasteiger partial charge in [0, 0.05) is 29.7 Å². The number of hydrogen-bond donors (Lipinski definition) is 2. The normalized spacial score (nSPS) is 28.3. The molecule has 2 aliphatic rings. The van der Waals surface area contributed by atoms with Crippen molar-refractivity contribution in [2.45, 2.75) is 64.1 Å². The Bertz CT molecular complexity index is 544. The van der Waals surface area contributed by atoms with E-state index in [0.29, 0.717) is 23.3 Å². The Labute approximate surface area is 126 Å². The molecule has 2 fully saturated rings. The monoisotopic (exact) mass is 292 g/mol. The number of hydrogen-bond acceptors (Lipinski definition) is 3. The van der Waals surface area contributed by atoms with Crippen molar-refractivity contribution in [2.24, 2.45) is 0 Å². The minimum Gasteiger partial charge on any atom is -0.508 e. The maximum atomic E-state index is 14.6. The van der Waals surface area contributed by atoms with Gasteiger partial charge in [0.15, 0.2) is 5.82 Å². The molecular formula is C17H25FN2O. The van der Waals surface area contributed by atoms with E-state index < -0.39 is 0 Å². The van der Waals surface area contributed by atoms with Gasteiger partial charge in [-0.25, -0.2) is 4.39 Å². The van der Waals surface area contributed by atoms with Gasteiger partial charge < -0.3 is 15.3 Å². The summed E-state index contributed by atoms with van der Waals surface area (Å²) in [5.74, 6) is -0.247. The molecule has 4 heteroatoms. The second-order valence-corrected chi connectivity index (χ2v) is 7.16. The van der Waals surface area contributed by atoms with Gasteiger partial charge in [-0.3, -0.25) is 0 Å². The molecule has 1 aliphatic carbocycles. The summed E-state index contributed by atoms with van der Waals surface area (Å²) in [6, 6.07) is 4.12. The van der Waals surface area contributed by atoms with Crippen molar-refractivity contribution in [2.75, 3.05) is 11.4 Å². The fraction of sp³-hybridized carbons (Fsp3) is 0.647. The second-order valence-electron chi connectivity index (χ2n) is 7.16. The zero-order chi connectivity index (χ0) is 15.2. The maximum Gasteiger partial charge on any atom is 0.153 e. The fourth-order valence-electron chi connectivity index (χ4n) is 3.89. The standard InChI is InChI=1S/C17H25FN2O/c1-11-15(21)9-8-14(16(11)18)20-10-17(2,3)19-12-6-4-5-7-13(12)20/h8-9,12-13,19,21H,4-7,10H2,1-3H3/t12-,13-/m0/s1. The molecule has 1 aromatic rings. The molecule has 3 rings (SSSR count). The SMILES string of the molecule is Cc1c(O)ccc(N2CC(C)(C)N[C@H]3CCCC[C@@H]32)c1F. The predicted octanol–water partition coefficient (Wildman–Crippen LogP) is 3.34. The predicted molar refractivity (Wildman–Crippen MR) is 83.4 cm³/mol. The number of aromatic hydroxyl groups is 1. The highest BCUT2D eigenvalue weighted by molar-refractivity contribution is 5.56. The molecule has 21 heavy (non-hydrogen) atoms. The summed E-state index contributed by atoms with van der Waals surface area (Å²) in [6.07, 6.45) is 4.71. The van der Waals surface area contributed by atoms with Gasteiger partial charge >= 0.3 is 0 Å². The molecule has 1 saturated heterocycles. The minimum atomic E-state index is -0.281. The van der Waals surface area contributed by atoms with E-state index >= 15 is 0 Å². The van der Waals surface area contributed by atoms with E-state index in [2.05, 4.69) is 24.1 Å². The van der Waals surface area contributed by atoms with Crippen LogP contribution in [0.25, 0.3) is 0 Å². The molecule has 3 nitrogen and oxygen atoms in total. The van der Waals surface area contributed by atoms with Crippen LogP contribution in [0, 0.1) is 12.7 Å². The average Bonchev–Trinajstić information content (AvgIpc) is 2.43. The van der Waals surface area contributed by atoms with Crippen LogP contribution in [0.15, 0.2) is 12.1 Å². The average molecular weight is 292 g/mol. The molecule has 1 heterocycles. The summed E-state index contributed by atoms with van der Waals surface area (Å²) in [5, 5.41) is 13.4. The van der Waals surface area contributed by atoms with Crippen molar-refractivity contribution < 1.29 is 9.50 Å². The van der Waals surface area contributed by atoms with Gasteiger partial charge in [0.25, 0.3) is 0 Å². The van der Waals surface area contributed by atoms with Gasteiger partial charge in [0.1, 0.15) is 5.75 Å². The summed E-state index contributed by atoms with van der Waals surface area (Å²) in [6.45, 7) is 6.78. The van der Waals surface area contributed by atoms with Gasteiger partial charge in [0.05, 0.1) is 5.69 Å². The molecule has 0 amide bonds. The molecule has 0 bridgehead atoms. The van der Waals surface area contributed by atoms with Crippen molar-refractivity contribution in [1.29, 1.82) is 0 Å². The third-order valence-corrected chi connectivity index (χ3v) is 4.92. The van der Waals surface area contributed by atoms with Crippen LogP contribution in [-0.2, 0) is 0 Å². The van der Waals surface area contributed by atoms with Crippen LogP contribution in [0.1, 0.15) is 45.1 Å². The summed E-state index contributed by atoms with van der Waals surface area (Å²) in [4.78, 5) is 2.22. The number of phenolic OH excluding ortho intramolecular Hbond substituents is 1. The highest BCUT2D eigenvalue weighted by Gasteiger charge is 2.41. The number of anilines is 1. The van der Waals surface area contributed by atoms with E-state index in [0.717, 1.165) is 19.4 Å². The highest BCUT2D eigenvalue weighted by atomic mass is 19.1. The van der Waals surface area contributed by atoms with Crippen molar-refractivity contribution in [3.63, 3.8) is 0 Å². The van der Waals surface area contributed by atoms with Gasteiger partial charge in [-0.15, -0.1) is 0 Å². The number of nitrogens with one attached hydrogen (secondary N) is 1. The topological polar surface area (TPSA) is 35.5 Å². The molecule has 0 unspecified atom stereocenters. The van der Waals surface area contributed by atoms with E-state index in [4.69, 9.17) is 0 Å². The van der Waals surface area contributed by atoms with Crippen molar-refractivity contribution >= 4 is 5.69 Å². The number of piperazine rings is 1. The zero-order valence-corrected chi connectivity index (χ0v) is 13.1. The number of nitrogens with zero attached hydrogens (tertiary/aromatic N) is 1. The van der Waals surface area contributed by atoms with E-state index in [1.165, 1.54) is 12.8 Å². The quantitative estimate of drug-likeness (QED) is 0.833. The number of rotatable bonds is 1. The fourth-order valence-corrected chi connectivity index (χ4v) is 3.89. The zero-order valence-electron chi connectivity index (χ0n) is 13.1. The lowest BCUT2D eigenvalue weighted by molar-refractivity contribution is 0.198. The highest BCUT2D eigenvalue weighted by Crippen LogP contribution is 2.36. The summed E-state index contributed by atoms with van der Waals surface area (Å²) in [7, 11) is 0. The first kappa shape index (κ1) is 14.6. The number of benzene rings is 1. The Morgan fingerprint density at radius 2 is 2.00 bits per heavy atom. The molecule has 0 spiro atoms. The summed E-state index contributed by atoms with van der Waals surface area (Å²) in [5.41, 5.74) is 0.949. The lowest BCUT2D eigenvalue weighted by atomic mass is 9.83. The number of halogens is 1. The van der Waals surface area contributed by atoms with Crippen LogP contribution in [0.5, 0.6) is 5.75 Å². The molecule has 1 aromatic carbocycles. The first-order valence-corrected chi connectivity index (χ1v) is 7.91. The van der Waals surface area contributed by atoms with Crippen LogP contribution in [0.3, 0.4) is 0 Å². The third kappa shape index (κ3) is 2.61. The van der Waals surface area contributed by atoms with Crippen molar-refractivity contribution in [1.82, 2.24) is 5.32 Å². The first-order chi connectivity index (χ1) is 9.89. The second kappa shape index (κ2) is 5.16. The molecule has 1 aliphatic heterocycles. The Hall–Kier alpha value is -1.29. The Kier molecular flexibility index (Phi) is 3.60. The van der Waals surface area contributed by atoms with E-state index in [1.54, 1.807) is 19.1 Å². The van der Waals surface area contributed by atoms with Crippen LogP contribution >= 0.6 is 0 Å². The van der Waals surface area contributed by atoms with Gasteiger partial charge in [0.2, 0.25) is 0 Å². The molecule has 0 radical (unpaired) electrons. The lowest BCUT2D eigenvalue weighted by Crippen LogP contribution is -2.67. The lowest BCUT2D eigenvalue weighted by Gasteiger charge is -2.52. The molecule has 0 aromatic heterocycles. The Morgan fingerprint density at radius 1 is 1.29 bits per heavy atom. The summed E-state index contributed by atoms with van der Waals surface area (Å²) < 4.78 is 14.6. The molecule has 2 atom stereocenters. The van der Waals surface area contributed by atoms with E-state index in [1.807, 2.05) is 0 Å². The Balaban J connectivity index is 2.00. The van der Waals surface area contributed by atoms with E-state index in [9.17, 15) is 9.50 Å². The van der Waals surface area contributed by atoms with Crippen LogP contribution in [0.2, 0.25) is 0 Å². The maximum absolute atomic E-state index is 14.6. The van der Waals surface area contributed by atoms with Crippen LogP contribution in [-0.4, -0.2) is 29.3 Å². The van der Waals surface area contributed by atoms with E-state index in [-0.39, 0.29) is 17.1 Å². The smallest absolute Gasteiger partial charge is 0.153 e. The Morgan fingerprint density at radius 3 is 2.76 bits per heavy atom. The van der Waals surface area contributed by atoms with Crippen molar-refractivity contribution in [3.05, 3.63) is 23.5 Å². The largest absolute Gasteiger partial charge is 0.508 e. The van der Waals surface area contributed by atoms with Crippen molar-refractivity contribution in [3.8, 4) is 5.75 Å². The molecule has 116 valence electrons.